The minimum atomic E-state index is -0.567. The molecule has 0 aromatic heterocycles. The molecule has 2 aromatic carbocycles. The predicted octanol–water partition coefficient (Wildman–Crippen LogP) is 3.69. The fourth-order valence-corrected chi connectivity index (χ4v) is 2.16. The molecule has 1 atom stereocenters. The number of anilines is 1. The summed E-state index contributed by atoms with van der Waals surface area (Å²) in [4.78, 5) is 2.11. The Balaban J connectivity index is 1.93. The lowest BCUT2D eigenvalue weighted by Gasteiger charge is -2.21. The SMILES string of the molecule is Cc1cccc(N(C)CCC(O)c2ccc(F)cc2)c1. The number of aliphatic hydroxyl groups is 1. The van der Waals surface area contributed by atoms with Crippen molar-refractivity contribution in [2.75, 3.05) is 18.5 Å². The highest BCUT2D eigenvalue weighted by Gasteiger charge is 2.09. The van der Waals surface area contributed by atoms with E-state index in [0.717, 1.165) is 17.8 Å². The molecule has 0 aliphatic rings. The largest absolute Gasteiger partial charge is 0.388 e. The van der Waals surface area contributed by atoms with Crippen molar-refractivity contribution in [3.8, 4) is 0 Å². The van der Waals surface area contributed by atoms with Gasteiger partial charge >= 0.3 is 0 Å². The highest BCUT2D eigenvalue weighted by molar-refractivity contribution is 5.47. The van der Waals surface area contributed by atoms with Gasteiger partial charge in [-0.05, 0) is 48.7 Å². The molecule has 0 radical (unpaired) electrons. The van der Waals surface area contributed by atoms with Crippen LogP contribution in [0.3, 0.4) is 0 Å². The van der Waals surface area contributed by atoms with Gasteiger partial charge in [-0.25, -0.2) is 4.39 Å². The maximum absolute atomic E-state index is 12.8. The first-order valence-electron chi connectivity index (χ1n) is 6.77. The summed E-state index contributed by atoms with van der Waals surface area (Å²) in [7, 11) is 2.01. The van der Waals surface area contributed by atoms with E-state index in [0.29, 0.717) is 6.42 Å². The van der Waals surface area contributed by atoms with E-state index in [1.165, 1.54) is 17.7 Å². The third kappa shape index (κ3) is 3.81. The smallest absolute Gasteiger partial charge is 0.123 e. The number of benzene rings is 2. The van der Waals surface area contributed by atoms with Crippen LogP contribution in [-0.2, 0) is 0 Å². The molecule has 1 N–H and O–H groups in total. The Morgan fingerprint density at radius 3 is 2.50 bits per heavy atom. The second-order valence-electron chi connectivity index (χ2n) is 5.12. The van der Waals surface area contributed by atoms with Crippen molar-refractivity contribution in [3.63, 3.8) is 0 Å². The van der Waals surface area contributed by atoms with Gasteiger partial charge in [-0.3, -0.25) is 0 Å². The summed E-state index contributed by atoms with van der Waals surface area (Å²) in [6, 6.07) is 14.3. The van der Waals surface area contributed by atoms with E-state index < -0.39 is 6.10 Å². The fourth-order valence-electron chi connectivity index (χ4n) is 2.16. The molecule has 0 heterocycles. The van der Waals surface area contributed by atoms with E-state index in [1.54, 1.807) is 12.1 Å². The molecule has 0 aliphatic carbocycles. The van der Waals surface area contributed by atoms with Crippen molar-refractivity contribution in [2.24, 2.45) is 0 Å². The van der Waals surface area contributed by atoms with E-state index in [-0.39, 0.29) is 5.82 Å². The van der Waals surface area contributed by atoms with Crippen molar-refractivity contribution >= 4 is 5.69 Å². The zero-order valence-corrected chi connectivity index (χ0v) is 11.9. The van der Waals surface area contributed by atoms with Crippen LogP contribution in [0.2, 0.25) is 0 Å². The minimum absolute atomic E-state index is 0.280. The third-order valence-corrected chi connectivity index (χ3v) is 3.44. The van der Waals surface area contributed by atoms with Gasteiger partial charge in [-0.2, -0.15) is 0 Å². The van der Waals surface area contributed by atoms with Crippen LogP contribution in [0.4, 0.5) is 10.1 Å². The average molecular weight is 273 g/mol. The molecular weight excluding hydrogens is 253 g/mol. The zero-order chi connectivity index (χ0) is 14.5. The maximum atomic E-state index is 12.8. The molecule has 3 heteroatoms. The molecule has 0 saturated heterocycles. The first kappa shape index (κ1) is 14.5. The van der Waals surface area contributed by atoms with Crippen LogP contribution in [0.1, 0.15) is 23.7 Å². The quantitative estimate of drug-likeness (QED) is 0.898. The highest BCUT2D eigenvalue weighted by Crippen LogP contribution is 2.20. The van der Waals surface area contributed by atoms with E-state index in [9.17, 15) is 9.50 Å². The Morgan fingerprint density at radius 2 is 1.85 bits per heavy atom. The molecule has 20 heavy (non-hydrogen) atoms. The Morgan fingerprint density at radius 1 is 1.15 bits per heavy atom. The van der Waals surface area contributed by atoms with Crippen molar-refractivity contribution in [2.45, 2.75) is 19.4 Å². The van der Waals surface area contributed by atoms with Crippen molar-refractivity contribution in [1.29, 1.82) is 0 Å². The van der Waals surface area contributed by atoms with Gasteiger partial charge < -0.3 is 10.0 Å². The summed E-state index contributed by atoms with van der Waals surface area (Å²) < 4.78 is 12.8. The number of nitrogens with zero attached hydrogens (tertiary/aromatic N) is 1. The normalized spacial score (nSPS) is 12.2. The van der Waals surface area contributed by atoms with Crippen LogP contribution in [-0.4, -0.2) is 18.7 Å². The topological polar surface area (TPSA) is 23.5 Å². The molecule has 0 saturated carbocycles. The Kier molecular flexibility index (Phi) is 4.74. The molecule has 0 spiro atoms. The monoisotopic (exact) mass is 273 g/mol. The first-order valence-corrected chi connectivity index (χ1v) is 6.77. The third-order valence-electron chi connectivity index (χ3n) is 3.44. The van der Waals surface area contributed by atoms with Crippen molar-refractivity contribution < 1.29 is 9.50 Å². The zero-order valence-electron chi connectivity index (χ0n) is 11.9. The molecule has 0 bridgehead atoms. The van der Waals surface area contributed by atoms with Gasteiger partial charge in [0.25, 0.3) is 0 Å². The number of halogens is 1. The standard InChI is InChI=1S/C17H20FNO/c1-13-4-3-5-16(12-13)19(2)11-10-17(20)14-6-8-15(18)9-7-14/h3-9,12,17,20H,10-11H2,1-2H3. The molecule has 2 rings (SSSR count). The Labute approximate surface area is 119 Å². The second-order valence-corrected chi connectivity index (χ2v) is 5.12. The molecular formula is C17H20FNO. The molecule has 0 amide bonds. The number of hydrogen-bond donors (Lipinski definition) is 1. The lowest BCUT2D eigenvalue weighted by atomic mass is 10.1. The van der Waals surface area contributed by atoms with Crippen LogP contribution in [0.15, 0.2) is 48.5 Å². The van der Waals surface area contributed by atoms with Crippen LogP contribution < -0.4 is 4.90 Å². The summed E-state index contributed by atoms with van der Waals surface area (Å²) in [6.07, 6.45) is 0.0404. The maximum Gasteiger partial charge on any atom is 0.123 e. The van der Waals surface area contributed by atoms with E-state index in [2.05, 4.69) is 30.0 Å². The second kappa shape index (κ2) is 6.53. The lowest BCUT2D eigenvalue weighted by molar-refractivity contribution is 0.169. The van der Waals surface area contributed by atoms with Gasteiger partial charge in [0, 0.05) is 19.3 Å². The average Bonchev–Trinajstić information content (AvgIpc) is 2.45. The summed E-state index contributed by atoms with van der Waals surface area (Å²) in [5.74, 6) is -0.280. The Bertz CT molecular complexity index is 553. The van der Waals surface area contributed by atoms with E-state index in [4.69, 9.17) is 0 Å². The number of aryl methyl sites for hydroxylation is 1. The van der Waals surface area contributed by atoms with Gasteiger partial charge in [0.1, 0.15) is 5.82 Å². The van der Waals surface area contributed by atoms with Crippen LogP contribution in [0, 0.1) is 12.7 Å². The van der Waals surface area contributed by atoms with Crippen LogP contribution >= 0.6 is 0 Å². The highest BCUT2D eigenvalue weighted by atomic mass is 19.1. The molecule has 0 aliphatic heterocycles. The number of rotatable bonds is 5. The summed E-state index contributed by atoms with van der Waals surface area (Å²) >= 11 is 0. The summed E-state index contributed by atoms with van der Waals surface area (Å²) in [5.41, 5.74) is 3.11. The number of hydrogen-bond acceptors (Lipinski definition) is 2. The van der Waals surface area contributed by atoms with Gasteiger partial charge in [0.05, 0.1) is 6.10 Å². The first-order chi connectivity index (χ1) is 9.56. The van der Waals surface area contributed by atoms with Gasteiger partial charge in [0.15, 0.2) is 0 Å². The number of aliphatic hydroxyl groups excluding tert-OH is 1. The lowest BCUT2D eigenvalue weighted by Crippen LogP contribution is -2.20. The van der Waals surface area contributed by atoms with Gasteiger partial charge in [-0.15, -0.1) is 0 Å². The fraction of sp³-hybridized carbons (Fsp3) is 0.294. The predicted molar refractivity (Wildman–Crippen MR) is 80.4 cm³/mol. The molecule has 0 fully saturated rings. The van der Waals surface area contributed by atoms with E-state index >= 15 is 0 Å². The molecule has 106 valence electrons. The molecule has 1 unspecified atom stereocenters. The Hall–Kier alpha value is -1.87. The van der Waals surface area contributed by atoms with Crippen molar-refractivity contribution in [1.82, 2.24) is 0 Å². The van der Waals surface area contributed by atoms with Gasteiger partial charge in [0.2, 0.25) is 0 Å². The molecule has 2 aromatic rings. The summed E-state index contributed by atoms with van der Waals surface area (Å²) in [5, 5.41) is 10.1. The minimum Gasteiger partial charge on any atom is -0.388 e. The molecule has 2 nitrogen and oxygen atoms in total. The van der Waals surface area contributed by atoms with Gasteiger partial charge in [-0.1, -0.05) is 24.3 Å². The van der Waals surface area contributed by atoms with Crippen LogP contribution in [0.25, 0.3) is 0 Å². The van der Waals surface area contributed by atoms with Crippen molar-refractivity contribution in [3.05, 3.63) is 65.5 Å². The summed E-state index contributed by atoms with van der Waals surface area (Å²) in [6.45, 7) is 2.80. The van der Waals surface area contributed by atoms with Crippen LogP contribution in [0.5, 0.6) is 0 Å². The van der Waals surface area contributed by atoms with E-state index in [1.807, 2.05) is 13.1 Å².